The van der Waals surface area contributed by atoms with Crippen molar-refractivity contribution in [2.75, 3.05) is 19.3 Å². The minimum Gasteiger partial charge on any atom is -0.299 e. The Morgan fingerprint density at radius 3 is 2.32 bits per heavy atom. The maximum atomic E-state index is 11.9. The van der Waals surface area contributed by atoms with Gasteiger partial charge >= 0.3 is 5.69 Å². The van der Waals surface area contributed by atoms with E-state index in [0.717, 1.165) is 23.9 Å². The Hall–Kier alpha value is -1.45. The Balaban J connectivity index is 2.03. The lowest BCUT2D eigenvalue weighted by Gasteiger charge is -2.32. The van der Waals surface area contributed by atoms with E-state index >= 15 is 0 Å². The van der Waals surface area contributed by atoms with Crippen LogP contribution in [-0.4, -0.2) is 47.8 Å². The molecule has 1 N–H and O–H groups in total. The Bertz CT molecular complexity index is 757. The molecule has 1 saturated heterocycles. The van der Waals surface area contributed by atoms with Crippen LogP contribution in [0.2, 0.25) is 0 Å². The maximum Gasteiger partial charge on any atom is 0.330 e. The topological polar surface area (TPSA) is 93.4 Å². The highest BCUT2D eigenvalue weighted by atomic mass is 32.2. The second kappa shape index (κ2) is 6.35. The van der Waals surface area contributed by atoms with Crippen LogP contribution in [0.5, 0.6) is 0 Å². The first-order valence-corrected chi connectivity index (χ1v) is 9.02. The number of aromatic nitrogens is 2. The Morgan fingerprint density at radius 1 is 1.18 bits per heavy atom. The molecule has 0 aliphatic carbocycles. The third-order valence-corrected chi connectivity index (χ3v) is 4.74. The van der Waals surface area contributed by atoms with Gasteiger partial charge in [0.15, 0.2) is 0 Å². The largest absolute Gasteiger partial charge is 0.330 e. The summed E-state index contributed by atoms with van der Waals surface area (Å²) in [4.78, 5) is 25.7. The van der Waals surface area contributed by atoms with Crippen molar-refractivity contribution in [3.63, 3.8) is 0 Å². The highest BCUT2D eigenvalue weighted by Gasteiger charge is 2.22. The van der Waals surface area contributed by atoms with Gasteiger partial charge in [0.1, 0.15) is 0 Å². The molecule has 22 heavy (non-hydrogen) atoms. The lowest BCUT2D eigenvalue weighted by molar-refractivity contribution is 0.195. The Labute approximate surface area is 129 Å². The van der Waals surface area contributed by atoms with Crippen LogP contribution in [-0.2, 0) is 30.7 Å². The monoisotopic (exact) mass is 330 g/mol. The molecule has 1 fully saturated rings. The minimum atomic E-state index is -3.18. The van der Waals surface area contributed by atoms with Crippen molar-refractivity contribution in [3.8, 4) is 0 Å². The van der Waals surface area contributed by atoms with Gasteiger partial charge in [-0.05, 0) is 12.8 Å². The summed E-state index contributed by atoms with van der Waals surface area (Å²) >= 11 is 0. The first-order chi connectivity index (χ1) is 10.2. The van der Waals surface area contributed by atoms with E-state index in [1.807, 2.05) is 0 Å². The van der Waals surface area contributed by atoms with E-state index in [0.29, 0.717) is 25.1 Å². The van der Waals surface area contributed by atoms with E-state index in [1.165, 1.54) is 17.7 Å². The van der Waals surface area contributed by atoms with Gasteiger partial charge in [-0.25, -0.2) is 17.9 Å². The zero-order chi connectivity index (χ0) is 16.5. The minimum absolute atomic E-state index is 0.0429. The number of rotatable bonds is 4. The van der Waals surface area contributed by atoms with E-state index in [-0.39, 0.29) is 17.3 Å². The fourth-order valence-corrected chi connectivity index (χ4v) is 3.51. The molecule has 0 radical (unpaired) electrons. The summed E-state index contributed by atoms with van der Waals surface area (Å²) in [6, 6.07) is 1.43. The molecule has 0 bridgehead atoms. The molecule has 1 aromatic heterocycles. The van der Waals surface area contributed by atoms with Crippen molar-refractivity contribution in [1.82, 2.24) is 18.8 Å². The van der Waals surface area contributed by atoms with Crippen molar-refractivity contribution >= 4 is 10.0 Å². The Morgan fingerprint density at radius 2 is 1.77 bits per heavy atom. The van der Waals surface area contributed by atoms with Crippen LogP contribution in [0.3, 0.4) is 0 Å². The molecule has 0 aromatic carbocycles. The summed E-state index contributed by atoms with van der Waals surface area (Å²) in [5.74, 6) is 0. The zero-order valence-electron chi connectivity index (χ0n) is 13.1. The summed E-state index contributed by atoms with van der Waals surface area (Å²) in [7, 11) is -0.0778. The van der Waals surface area contributed by atoms with Crippen LogP contribution in [0.25, 0.3) is 0 Å². The van der Waals surface area contributed by atoms with Crippen LogP contribution >= 0.6 is 0 Å². The number of hydrogen-bond donors (Lipinski definition) is 1. The van der Waals surface area contributed by atoms with Crippen LogP contribution < -0.4 is 16.0 Å². The van der Waals surface area contributed by atoms with E-state index < -0.39 is 10.0 Å². The lowest BCUT2D eigenvalue weighted by Crippen LogP contribution is -2.45. The first-order valence-electron chi connectivity index (χ1n) is 7.13. The molecule has 1 aliphatic heterocycles. The molecule has 9 heteroatoms. The summed E-state index contributed by atoms with van der Waals surface area (Å²) in [5, 5.41) is 0. The van der Waals surface area contributed by atoms with Crippen molar-refractivity contribution in [2.24, 2.45) is 14.1 Å². The zero-order valence-corrected chi connectivity index (χ0v) is 13.9. The number of likely N-dealkylation sites (tertiary alicyclic amines) is 1. The number of sulfonamides is 1. The third-order valence-electron chi connectivity index (χ3n) is 3.98. The maximum absolute atomic E-state index is 11.9. The second-order valence-corrected chi connectivity index (χ2v) is 7.59. The molecule has 8 nitrogen and oxygen atoms in total. The predicted octanol–water partition coefficient (Wildman–Crippen LogP) is -1.40. The molecule has 0 spiro atoms. The highest BCUT2D eigenvalue weighted by Crippen LogP contribution is 2.13. The fourth-order valence-electron chi connectivity index (χ4n) is 2.67. The number of hydrogen-bond acceptors (Lipinski definition) is 5. The van der Waals surface area contributed by atoms with Gasteiger partial charge in [0.2, 0.25) is 10.0 Å². The number of nitrogens with zero attached hydrogens (tertiary/aromatic N) is 3. The van der Waals surface area contributed by atoms with Gasteiger partial charge in [-0.3, -0.25) is 18.8 Å². The van der Waals surface area contributed by atoms with Gasteiger partial charge in [0.25, 0.3) is 5.56 Å². The normalized spacial score (nSPS) is 17.8. The molecule has 2 heterocycles. The number of nitrogens with one attached hydrogen (secondary N) is 1. The molecule has 0 amide bonds. The van der Waals surface area contributed by atoms with Crippen LogP contribution in [0, 0.1) is 0 Å². The van der Waals surface area contributed by atoms with E-state index in [9.17, 15) is 18.0 Å². The van der Waals surface area contributed by atoms with Gasteiger partial charge in [-0.2, -0.15) is 0 Å². The standard InChI is InChI=1S/C13H22N4O4S/c1-15-11(8-12(18)16(2)13(15)19)9-17-6-4-10(5-7-17)14-22(3,20)21/h8,10,14H,4-7,9H2,1-3H3. The van der Waals surface area contributed by atoms with Gasteiger partial charge in [0, 0.05) is 51.5 Å². The van der Waals surface area contributed by atoms with Gasteiger partial charge < -0.3 is 0 Å². The van der Waals surface area contributed by atoms with E-state index in [1.54, 1.807) is 7.05 Å². The van der Waals surface area contributed by atoms with E-state index in [2.05, 4.69) is 9.62 Å². The van der Waals surface area contributed by atoms with Gasteiger partial charge in [0.05, 0.1) is 6.26 Å². The second-order valence-electron chi connectivity index (χ2n) is 5.81. The summed E-state index contributed by atoms with van der Waals surface area (Å²) in [5.41, 5.74) is 0.0190. The number of piperidine rings is 1. The van der Waals surface area contributed by atoms with Crippen molar-refractivity contribution in [2.45, 2.75) is 25.4 Å². The molecule has 1 aromatic rings. The molecular weight excluding hydrogens is 308 g/mol. The van der Waals surface area contributed by atoms with Crippen molar-refractivity contribution < 1.29 is 8.42 Å². The summed E-state index contributed by atoms with van der Waals surface area (Å²) in [6.07, 6.45) is 2.59. The summed E-state index contributed by atoms with van der Waals surface area (Å²) in [6.45, 7) is 1.95. The predicted molar refractivity (Wildman–Crippen MR) is 83.2 cm³/mol. The molecule has 0 saturated carbocycles. The molecule has 0 unspecified atom stereocenters. The van der Waals surface area contributed by atoms with Crippen LogP contribution in [0.4, 0.5) is 0 Å². The quantitative estimate of drug-likeness (QED) is 0.733. The van der Waals surface area contributed by atoms with Crippen LogP contribution in [0.15, 0.2) is 15.7 Å². The molecule has 1 aliphatic rings. The van der Waals surface area contributed by atoms with E-state index in [4.69, 9.17) is 0 Å². The fraction of sp³-hybridized carbons (Fsp3) is 0.692. The third kappa shape index (κ3) is 4.05. The Kier molecular flexibility index (Phi) is 4.88. The first kappa shape index (κ1) is 16.9. The molecule has 0 atom stereocenters. The average molecular weight is 330 g/mol. The van der Waals surface area contributed by atoms with Gasteiger partial charge in [-0.1, -0.05) is 0 Å². The molecule has 124 valence electrons. The highest BCUT2D eigenvalue weighted by molar-refractivity contribution is 7.88. The summed E-state index contributed by atoms with van der Waals surface area (Å²) < 4.78 is 27.6. The van der Waals surface area contributed by atoms with Gasteiger partial charge in [-0.15, -0.1) is 0 Å². The SMILES string of the molecule is Cn1c(CN2CCC(NS(C)(=O)=O)CC2)cc(=O)n(C)c1=O. The lowest BCUT2D eigenvalue weighted by atomic mass is 10.1. The van der Waals surface area contributed by atoms with Crippen molar-refractivity contribution in [1.29, 1.82) is 0 Å². The average Bonchev–Trinajstić information content (AvgIpc) is 2.43. The van der Waals surface area contributed by atoms with Crippen molar-refractivity contribution in [3.05, 3.63) is 32.6 Å². The molecular formula is C13H22N4O4S. The van der Waals surface area contributed by atoms with Crippen LogP contribution in [0.1, 0.15) is 18.5 Å². The molecule has 2 rings (SSSR count). The smallest absolute Gasteiger partial charge is 0.299 e.